The summed E-state index contributed by atoms with van der Waals surface area (Å²) in [6.07, 6.45) is -2.59. The Bertz CT molecular complexity index is 305. The Kier molecular flexibility index (Phi) is 5.64. The highest BCUT2D eigenvalue weighted by Crippen LogP contribution is 2.37. The number of carbonyl (C=O) groups excluding carboxylic acids is 1. The largest absolute Gasteiger partial charge is 0.391 e. The Hall–Kier alpha value is -0.780. The van der Waals surface area contributed by atoms with Crippen molar-refractivity contribution in [1.29, 1.82) is 0 Å². The number of alkyl halides is 3. The van der Waals surface area contributed by atoms with Crippen LogP contribution in [0.4, 0.5) is 13.2 Å². The van der Waals surface area contributed by atoms with Crippen LogP contribution in [0.2, 0.25) is 0 Å². The Morgan fingerprint density at radius 1 is 1.21 bits per heavy atom. The Morgan fingerprint density at radius 2 is 1.84 bits per heavy atom. The van der Waals surface area contributed by atoms with Gasteiger partial charge >= 0.3 is 6.18 Å². The Balaban J connectivity index is 2.46. The Morgan fingerprint density at radius 3 is 2.37 bits per heavy atom. The van der Waals surface area contributed by atoms with E-state index in [-0.39, 0.29) is 30.8 Å². The number of halogens is 3. The molecule has 3 unspecified atom stereocenters. The summed E-state index contributed by atoms with van der Waals surface area (Å²) in [6.45, 7) is 5.39. The molecule has 1 rings (SSSR count). The first-order chi connectivity index (χ1) is 8.70. The fourth-order valence-electron chi connectivity index (χ4n) is 2.48. The van der Waals surface area contributed by atoms with Gasteiger partial charge in [-0.15, -0.1) is 0 Å². The lowest BCUT2D eigenvalue weighted by Crippen LogP contribution is -2.50. The van der Waals surface area contributed by atoms with Gasteiger partial charge in [-0.05, 0) is 40.0 Å². The maximum Gasteiger partial charge on any atom is 0.391 e. The third-order valence-electron chi connectivity index (χ3n) is 3.45. The highest BCUT2D eigenvalue weighted by Gasteiger charge is 2.42. The minimum Gasteiger partial charge on any atom is -0.353 e. The zero-order chi connectivity index (χ0) is 14.6. The van der Waals surface area contributed by atoms with Gasteiger partial charge in [-0.1, -0.05) is 6.42 Å². The van der Waals surface area contributed by atoms with Crippen LogP contribution in [-0.2, 0) is 4.79 Å². The van der Waals surface area contributed by atoms with Crippen LogP contribution in [0.15, 0.2) is 0 Å². The lowest BCUT2D eigenvalue weighted by atomic mass is 9.85. The van der Waals surface area contributed by atoms with Crippen molar-refractivity contribution in [2.24, 2.45) is 5.92 Å². The predicted octanol–water partition coefficient (Wildman–Crippen LogP) is 2.61. The first-order valence-corrected chi connectivity index (χ1v) is 6.83. The fraction of sp³-hybridized carbons (Fsp3) is 0.923. The zero-order valence-electron chi connectivity index (χ0n) is 11.7. The van der Waals surface area contributed by atoms with Gasteiger partial charge in [0.25, 0.3) is 0 Å². The SMILES string of the molecule is CC(C)NC(=O)C(C)NC1CCCC(C(F)(F)F)C1. The van der Waals surface area contributed by atoms with Gasteiger partial charge in [0.05, 0.1) is 12.0 Å². The molecule has 112 valence electrons. The molecule has 3 atom stereocenters. The molecule has 0 saturated heterocycles. The second kappa shape index (κ2) is 6.59. The summed E-state index contributed by atoms with van der Waals surface area (Å²) in [6, 6.07) is -0.654. The number of rotatable bonds is 4. The lowest BCUT2D eigenvalue weighted by Gasteiger charge is -2.32. The standard InChI is InChI=1S/C13H23F3N2O/c1-8(2)17-12(19)9(3)18-11-6-4-5-10(7-11)13(14,15)16/h8-11,18H,4-7H2,1-3H3,(H,17,19). The molecule has 0 bridgehead atoms. The van der Waals surface area contributed by atoms with E-state index < -0.39 is 18.1 Å². The predicted molar refractivity (Wildman–Crippen MR) is 67.7 cm³/mol. The number of hydrogen-bond acceptors (Lipinski definition) is 2. The molecular weight excluding hydrogens is 257 g/mol. The first-order valence-electron chi connectivity index (χ1n) is 6.83. The average Bonchev–Trinajstić information content (AvgIpc) is 2.27. The van der Waals surface area contributed by atoms with Crippen molar-refractivity contribution in [1.82, 2.24) is 10.6 Å². The van der Waals surface area contributed by atoms with E-state index in [1.54, 1.807) is 6.92 Å². The van der Waals surface area contributed by atoms with Gasteiger partial charge in [-0.2, -0.15) is 13.2 Å². The smallest absolute Gasteiger partial charge is 0.353 e. The monoisotopic (exact) mass is 280 g/mol. The molecular formula is C13H23F3N2O. The summed E-state index contributed by atoms with van der Waals surface area (Å²) < 4.78 is 38.0. The van der Waals surface area contributed by atoms with Crippen molar-refractivity contribution in [3.05, 3.63) is 0 Å². The van der Waals surface area contributed by atoms with Crippen LogP contribution in [0, 0.1) is 5.92 Å². The van der Waals surface area contributed by atoms with Gasteiger partial charge in [-0.25, -0.2) is 0 Å². The van der Waals surface area contributed by atoms with Crippen LogP contribution in [0.3, 0.4) is 0 Å². The highest BCUT2D eigenvalue weighted by molar-refractivity contribution is 5.81. The van der Waals surface area contributed by atoms with Gasteiger partial charge in [0.2, 0.25) is 5.91 Å². The third-order valence-corrected chi connectivity index (χ3v) is 3.45. The second-order valence-corrected chi connectivity index (χ2v) is 5.65. The van der Waals surface area contributed by atoms with Gasteiger partial charge in [-0.3, -0.25) is 4.79 Å². The molecule has 1 aliphatic rings. The van der Waals surface area contributed by atoms with Gasteiger partial charge in [0, 0.05) is 12.1 Å². The maximum atomic E-state index is 12.7. The molecule has 2 N–H and O–H groups in total. The molecule has 1 amide bonds. The second-order valence-electron chi connectivity index (χ2n) is 5.65. The maximum absolute atomic E-state index is 12.7. The van der Waals surface area contributed by atoms with Crippen LogP contribution in [0.5, 0.6) is 0 Å². The van der Waals surface area contributed by atoms with Crippen molar-refractivity contribution in [3.8, 4) is 0 Å². The summed E-state index contributed by atoms with van der Waals surface area (Å²) in [5.74, 6) is -1.40. The molecule has 1 aliphatic carbocycles. The molecule has 0 radical (unpaired) electrons. The van der Waals surface area contributed by atoms with E-state index in [1.807, 2.05) is 13.8 Å². The molecule has 0 heterocycles. The molecule has 0 aromatic rings. The van der Waals surface area contributed by atoms with Gasteiger partial charge < -0.3 is 10.6 Å². The molecule has 0 aromatic carbocycles. The average molecular weight is 280 g/mol. The lowest BCUT2D eigenvalue weighted by molar-refractivity contribution is -0.183. The summed E-state index contributed by atoms with van der Waals surface area (Å²) in [7, 11) is 0. The minimum absolute atomic E-state index is 0.0334. The van der Waals surface area contributed by atoms with Crippen LogP contribution in [0.1, 0.15) is 46.5 Å². The van der Waals surface area contributed by atoms with Crippen molar-refractivity contribution < 1.29 is 18.0 Å². The summed E-state index contributed by atoms with van der Waals surface area (Å²) in [5, 5.41) is 5.76. The molecule has 6 heteroatoms. The number of nitrogens with one attached hydrogen (secondary N) is 2. The molecule has 1 fully saturated rings. The summed E-state index contributed by atoms with van der Waals surface area (Å²) in [4.78, 5) is 11.7. The number of carbonyl (C=O) groups is 1. The van der Waals surface area contributed by atoms with E-state index in [4.69, 9.17) is 0 Å². The van der Waals surface area contributed by atoms with E-state index in [9.17, 15) is 18.0 Å². The first kappa shape index (κ1) is 16.3. The van der Waals surface area contributed by atoms with Gasteiger partial charge in [0.1, 0.15) is 0 Å². The van der Waals surface area contributed by atoms with E-state index in [0.29, 0.717) is 12.8 Å². The fourth-order valence-corrected chi connectivity index (χ4v) is 2.48. The van der Waals surface area contributed by atoms with Gasteiger partial charge in [0.15, 0.2) is 0 Å². The normalized spacial score (nSPS) is 26.3. The zero-order valence-corrected chi connectivity index (χ0v) is 11.7. The van der Waals surface area contributed by atoms with Crippen molar-refractivity contribution in [2.45, 2.75) is 70.8 Å². The number of hydrogen-bond donors (Lipinski definition) is 2. The van der Waals surface area contributed by atoms with Crippen LogP contribution in [0.25, 0.3) is 0 Å². The highest BCUT2D eigenvalue weighted by atomic mass is 19.4. The van der Waals surface area contributed by atoms with Crippen molar-refractivity contribution in [2.75, 3.05) is 0 Å². The van der Waals surface area contributed by atoms with Crippen molar-refractivity contribution >= 4 is 5.91 Å². The number of amides is 1. The van der Waals surface area contributed by atoms with Crippen LogP contribution >= 0.6 is 0 Å². The van der Waals surface area contributed by atoms with E-state index >= 15 is 0 Å². The molecule has 0 aliphatic heterocycles. The van der Waals surface area contributed by atoms with Crippen molar-refractivity contribution in [3.63, 3.8) is 0 Å². The summed E-state index contributed by atoms with van der Waals surface area (Å²) >= 11 is 0. The molecule has 3 nitrogen and oxygen atoms in total. The molecule has 0 spiro atoms. The van der Waals surface area contributed by atoms with E-state index in [2.05, 4.69) is 10.6 Å². The Labute approximate surface area is 112 Å². The topological polar surface area (TPSA) is 41.1 Å². The minimum atomic E-state index is -4.12. The van der Waals surface area contributed by atoms with Crippen LogP contribution in [-0.4, -0.2) is 30.2 Å². The molecule has 0 aromatic heterocycles. The third kappa shape index (κ3) is 5.38. The molecule has 1 saturated carbocycles. The summed E-state index contributed by atoms with van der Waals surface area (Å²) in [5.41, 5.74) is 0. The van der Waals surface area contributed by atoms with Crippen LogP contribution < -0.4 is 10.6 Å². The quantitative estimate of drug-likeness (QED) is 0.831. The van der Waals surface area contributed by atoms with E-state index in [1.165, 1.54) is 0 Å². The molecule has 19 heavy (non-hydrogen) atoms. The van der Waals surface area contributed by atoms with E-state index in [0.717, 1.165) is 0 Å².